The number of H-pyrrole nitrogens is 1. The monoisotopic (exact) mass is 477 g/mol. The van der Waals surface area contributed by atoms with Gasteiger partial charge >= 0.3 is 0 Å². The molecule has 0 aliphatic heterocycles. The molecule has 0 bridgehead atoms. The number of carbonyl (C=O) groups excluding carboxylic acids is 1. The third-order valence-corrected chi connectivity index (χ3v) is 7.30. The summed E-state index contributed by atoms with van der Waals surface area (Å²) in [6.45, 7) is 11.5. The van der Waals surface area contributed by atoms with Gasteiger partial charge in [0.2, 0.25) is 5.95 Å². The van der Waals surface area contributed by atoms with Gasteiger partial charge in [-0.15, -0.1) is 0 Å². The van der Waals surface area contributed by atoms with Crippen LogP contribution < -0.4 is 5.32 Å². The van der Waals surface area contributed by atoms with Gasteiger partial charge in [-0.05, 0) is 65.0 Å². The number of amides is 1. The zero-order valence-corrected chi connectivity index (χ0v) is 20.8. The predicted molar refractivity (Wildman–Crippen MR) is 133 cm³/mol. The molecule has 1 aliphatic rings. The lowest BCUT2D eigenvalue weighted by Gasteiger charge is -2.42. The Morgan fingerprint density at radius 3 is 2.56 bits per heavy atom. The van der Waals surface area contributed by atoms with Gasteiger partial charge in [-0.25, -0.2) is 4.98 Å². The topological polar surface area (TPSA) is 96.7 Å². The third-order valence-electron chi connectivity index (χ3n) is 7.03. The summed E-state index contributed by atoms with van der Waals surface area (Å²) in [6.07, 6.45) is 4.44. The molecule has 7 nitrogen and oxygen atoms in total. The standard InChI is InChI=1S/C26H28ClN5O2/c1-14-10-17-18(26(4,5)9-8-25(17,2)3)12-15(14)11-16-6-7-19(34-16)23(33)32-24-30-21(27)20-22(31-24)29-13-28-20/h6-7,10,12-13H,8-9,11H2,1-5H3,(H2,28,29,30,31,32,33). The summed E-state index contributed by atoms with van der Waals surface area (Å²) in [5.74, 6) is 0.543. The molecule has 0 unspecified atom stereocenters. The van der Waals surface area contributed by atoms with Crippen LogP contribution >= 0.6 is 11.6 Å². The van der Waals surface area contributed by atoms with Crippen molar-refractivity contribution in [1.29, 1.82) is 0 Å². The van der Waals surface area contributed by atoms with E-state index >= 15 is 0 Å². The van der Waals surface area contributed by atoms with Crippen molar-refractivity contribution in [1.82, 2.24) is 19.9 Å². The first-order valence-corrected chi connectivity index (χ1v) is 11.8. The largest absolute Gasteiger partial charge is 0.456 e. The number of nitrogens with one attached hydrogen (secondary N) is 2. The molecule has 8 heteroatoms. The molecule has 4 aromatic rings. The second-order valence-electron chi connectivity index (χ2n) is 10.4. The molecule has 1 aliphatic carbocycles. The number of fused-ring (bicyclic) bond motifs is 2. The molecule has 0 atom stereocenters. The van der Waals surface area contributed by atoms with Gasteiger partial charge in [-0.1, -0.05) is 51.4 Å². The molecule has 1 amide bonds. The number of nitrogens with zero attached hydrogens (tertiary/aromatic N) is 3. The number of anilines is 1. The van der Waals surface area contributed by atoms with Gasteiger partial charge < -0.3 is 9.40 Å². The van der Waals surface area contributed by atoms with Gasteiger partial charge in [0.15, 0.2) is 16.6 Å². The zero-order valence-electron chi connectivity index (χ0n) is 20.0. The van der Waals surface area contributed by atoms with E-state index in [9.17, 15) is 4.79 Å². The lowest BCUT2D eigenvalue weighted by Crippen LogP contribution is -2.34. The first kappa shape index (κ1) is 22.6. The normalized spacial score (nSPS) is 16.4. The summed E-state index contributed by atoms with van der Waals surface area (Å²) in [6, 6.07) is 8.19. The zero-order chi connectivity index (χ0) is 24.3. The number of furan rings is 1. The molecule has 0 fully saturated rings. The molecular weight excluding hydrogens is 450 g/mol. The van der Waals surface area contributed by atoms with Gasteiger partial charge in [0.1, 0.15) is 11.3 Å². The Morgan fingerprint density at radius 1 is 1.12 bits per heavy atom. The highest BCUT2D eigenvalue weighted by Crippen LogP contribution is 2.46. The number of halogens is 1. The molecule has 5 rings (SSSR count). The average Bonchev–Trinajstić information content (AvgIpc) is 3.42. The van der Waals surface area contributed by atoms with Crippen LogP contribution in [0.4, 0.5) is 5.95 Å². The Hall–Kier alpha value is -3.19. The van der Waals surface area contributed by atoms with Crippen molar-refractivity contribution in [3.05, 3.63) is 69.5 Å². The Kier molecular flexibility index (Phi) is 5.28. The Labute approximate surface area is 203 Å². The molecule has 0 saturated heterocycles. The van der Waals surface area contributed by atoms with Crippen LogP contribution in [-0.2, 0) is 17.3 Å². The third kappa shape index (κ3) is 3.98. The van der Waals surface area contributed by atoms with Gasteiger partial charge in [0.25, 0.3) is 5.91 Å². The lowest BCUT2D eigenvalue weighted by atomic mass is 9.62. The van der Waals surface area contributed by atoms with Crippen LogP contribution in [0.15, 0.2) is 35.0 Å². The first-order chi connectivity index (χ1) is 16.0. The van der Waals surface area contributed by atoms with E-state index in [1.807, 2.05) is 6.07 Å². The minimum atomic E-state index is -0.442. The van der Waals surface area contributed by atoms with Gasteiger partial charge in [0.05, 0.1) is 6.33 Å². The van der Waals surface area contributed by atoms with Crippen molar-refractivity contribution in [2.24, 2.45) is 0 Å². The second kappa shape index (κ2) is 7.94. The van der Waals surface area contributed by atoms with Crippen LogP contribution in [0.3, 0.4) is 0 Å². The number of benzene rings is 1. The molecule has 3 aromatic heterocycles. The van der Waals surface area contributed by atoms with Crippen molar-refractivity contribution in [2.75, 3.05) is 5.32 Å². The summed E-state index contributed by atoms with van der Waals surface area (Å²) >= 11 is 6.13. The van der Waals surface area contributed by atoms with Crippen LogP contribution in [-0.4, -0.2) is 25.8 Å². The molecular formula is C26H28ClN5O2. The molecule has 34 heavy (non-hydrogen) atoms. The summed E-state index contributed by atoms with van der Waals surface area (Å²) in [5.41, 5.74) is 6.52. The first-order valence-electron chi connectivity index (χ1n) is 11.4. The van der Waals surface area contributed by atoms with Crippen molar-refractivity contribution < 1.29 is 9.21 Å². The van der Waals surface area contributed by atoms with Crippen LogP contribution in [0.1, 0.15) is 79.1 Å². The van der Waals surface area contributed by atoms with Gasteiger partial charge in [0, 0.05) is 6.42 Å². The summed E-state index contributed by atoms with van der Waals surface area (Å²) < 4.78 is 5.89. The molecule has 2 N–H and O–H groups in total. The summed E-state index contributed by atoms with van der Waals surface area (Å²) in [7, 11) is 0. The SMILES string of the molecule is Cc1cc2c(cc1Cc1ccc(C(=O)Nc3nc(Cl)c4[nH]cnc4n3)o1)C(C)(C)CCC2(C)C. The number of aromatic nitrogens is 4. The van der Waals surface area contributed by atoms with Crippen molar-refractivity contribution in [2.45, 2.75) is 64.7 Å². The number of aryl methyl sites for hydroxylation is 1. The van der Waals surface area contributed by atoms with Crippen LogP contribution in [0.25, 0.3) is 11.2 Å². The van der Waals surface area contributed by atoms with E-state index in [0.717, 1.165) is 12.2 Å². The number of imidazole rings is 1. The minimum Gasteiger partial charge on any atom is -0.456 e. The second-order valence-corrected chi connectivity index (χ2v) is 10.8. The smallest absolute Gasteiger partial charge is 0.293 e. The van der Waals surface area contributed by atoms with Crippen LogP contribution in [0, 0.1) is 6.92 Å². The fourth-order valence-corrected chi connectivity index (χ4v) is 4.98. The summed E-state index contributed by atoms with van der Waals surface area (Å²) in [5, 5.41) is 2.82. The molecule has 176 valence electrons. The van der Waals surface area contributed by atoms with E-state index < -0.39 is 5.91 Å². The lowest BCUT2D eigenvalue weighted by molar-refractivity contribution is 0.0994. The number of rotatable bonds is 4. The molecule has 0 saturated carbocycles. The van der Waals surface area contributed by atoms with E-state index in [1.165, 1.54) is 35.0 Å². The highest BCUT2D eigenvalue weighted by Gasteiger charge is 2.37. The number of hydrogen-bond donors (Lipinski definition) is 2. The van der Waals surface area contributed by atoms with Crippen molar-refractivity contribution >= 4 is 34.6 Å². The highest BCUT2D eigenvalue weighted by atomic mass is 35.5. The number of hydrogen-bond acceptors (Lipinski definition) is 5. The maximum atomic E-state index is 12.7. The maximum Gasteiger partial charge on any atom is 0.293 e. The predicted octanol–water partition coefficient (Wildman–Crippen LogP) is 6.10. The average molecular weight is 478 g/mol. The Morgan fingerprint density at radius 2 is 1.82 bits per heavy atom. The van der Waals surface area contributed by atoms with E-state index in [-0.39, 0.29) is 27.7 Å². The fraction of sp³-hybridized carbons (Fsp3) is 0.385. The maximum absolute atomic E-state index is 12.7. The quantitative estimate of drug-likeness (QED) is 0.346. The Bertz CT molecular complexity index is 1420. The van der Waals surface area contributed by atoms with Crippen LogP contribution in [0.5, 0.6) is 0 Å². The highest BCUT2D eigenvalue weighted by molar-refractivity contribution is 6.33. The number of carbonyl (C=O) groups is 1. The van der Waals surface area contributed by atoms with E-state index in [4.69, 9.17) is 16.0 Å². The van der Waals surface area contributed by atoms with Crippen molar-refractivity contribution in [3.63, 3.8) is 0 Å². The van der Waals surface area contributed by atoms with E-state index in [2.05, 4.69) is 72.0 Å². The number of aromatic amines is 1. The van der Waals surface area contributed by atoms with Crippen molar-refractivity contribution in [3.8, 4) is 0 Å². The Balaban J connectivity index is 1.37. The summed E-state index contributed by atoms with van der Waals surface area (Å²) in [4.78, 5) is 28.0. The molecule has 0 spiro atoms. The fourth-order valence-electron chi connectivity index (χ4n) is 4.76. The van der Waals surface area contributed by atoms with Crippen LogP contribution in [0.2, 0.25) is 5.15 Å². The molecule has 3 heterocycles. The molecule has 0 radical (unpaired) electrons. The van der Waals surface area contributed by atoms with E-state index in [0.29, 0.717) is 17.6 Å². The van der Waals surface area contributed by atoms with Gasteiger partial charge in [-0.3, -0.25) is 10.1 Å². The molecule has 1 aromatic carbocycles. The minimum absolute atomic E-state index is 0.0722. The van der Waals surface area contributed by atoms with Gasteiger partial charge in [-0.2, -0.15) is 9.97 Å². The van der Waals surface area contributed by atoms with E-state index in [1.54, 1.807) is 6.07 Å².